The van der Waals surface area contributed by atoms with Gasteiger partial charge in [-0.05, 0) is 0 Å². The van der Waals surface area contributed by atoms with E-state index in [4.69, 9.17) is 14.9 Å². The number of nitrogens with zero attached hydrogens (tertiary/aromatic N) is 1. The van der Waals surface area contributed by atoms with Crippen molar-refractivity contribution >= 4 is 21.7 Å². The lowest BCUT2D eigenvalue weighted by Gasteiger charge is -2.02. The first kappa shape index (κ1) is 12.0. The van der Waals surface area contributed by atoms with Gasteiger partial charge in [0.15, 0.2) is 0 Å². The van der Waals surface area contributed by atoms with Crippen LogP contribution in [0.5, 0.6) is 0 Å². The summed E-state index contributed by atoms with van der Waals surface area (Å²) in [5.74, 6) is 1.01. The number of aliphatic hydroxyl groups excluding tert-OH is 1. The molecule has 0 saturated carbocycles. The Morgan fingerprint density at radius 3 is 2.75 bits per heavy atom. The van der Waals surface area contributed by atoms with Crippen LogP contribution < -0.4 is 0 Å². The summed E-state index contributed by atoms with van der Waals surface area (Å²) in [5.41, 5.74) is 0. The first-order chi connectivity index (χ1) is 5.45. The molecule has 6 nitrogen and oxygen atoms in total. The Kier molecular flexibility index (Phi) is 5.63. The van der Waals surface area contributed by atoms with E-state index in [0.717, 1.165) is 12.6 Å². The van der Waals surface area contributed by atoms with E-state index in [1.165, 1.54) is 0 Å². The van der Waals surface area contributed by atoms with Crippen LogP contribution in [0.25, 0.3) is 0 Å². The van der Waals surface area contributed by atoms with Crippen molar-refractivity contribution < 1.29 is 24.1 Å². The predicted octanol–water partition coefficient (Wildman–Crippen LogP) is 0.143. The molecule has 2 unspecified atom stereocenters. The largest absolute Gasteiger partial charge is 0.396 e. The standard InChI is InChI=1S/C4H11NO5P2/c1-12(8,9)10-5-4-11(7)3-2-6/h4,6-7H,2-3H2,1H3,(H,8,9)/b5-4+. The van der Waals surface area contributed by atoms with Gasteiger partial charge in [-0.2, -0.15) is 0 Å². The lowest BCUT2D eigenvalue weighted by Crippen LogP contribution is -1.90. The molecule has 0 aromatic rings. The molecule has 0 bridgehead atoms. The maximum absolute atomic E-state index is 10.4. The Hall–Kier alpha value is 0.01000. The van der Waals surface area contributed by atoms with Crippen molar-refractivity contribution in [2.75, 3.05) is 19.4 Å². The molecule has 0 fully saturated rings. The van der Waals surface area contributed by atoms with Crippen LogP contribution in [0.4, 0.5) is 0 Å². The maximum atomic E-state index is 10.4. The quantitative estimate of drug-likeness (QED) is 0.344. The minimum absolute atomic E-state index is 0.156. The molecule has 0 heterocycles. The van der Waals surface area contributed by atoms with Crippen LogP contribution in [0.15, 0.2) is 5.16 Å². The third-order valence-electron chi connectivity index (χ3n) is 0.708. The Labute approximate surface area is 71.2 Å². The first-order valence-corrected chi connectivity index (χ1v) is 6.62. The van der Waals surface area contributed by atoms with Crippen molar-refractivity contribution in [3.63, 3.8) is 0 Å². The van der Waals surface area contributed by atoms with Gasteiger partial charge in [0, 0.05) is 12.8 Å². The molecular formula is C4H11NO5P2. The van der Waals surface area contributed by atoms with E-state index in [2.05, 4.69) is 9.78 Å². The number of oxime groups is 1. The fourth-order valence-electron chi connectivity index (χ4n) is 0.323. The third kappa shape index (κ3) is 8.11. The zero-order chi connectivity index (χ0) is 9.61. The molecule has 0 spiro atoms. The van der Waals surface area contributed by atoms with E-state index in [1.54, 1.807) is 0 Å². The van der Waals surface area contributed by atoms with Crippen molar-refractivity contribution in [1.29, 1.82) is 0 Å². The van der Waals surface area contributed by atoms with E-state index >= 15 is 0 Å². The summed E-state index contributed by atoms with van der Waals surface area (Å²) in [6.45, 7) is 0.827. The summed E-state index contributed by atoms with van der Waals surface area (Å²) < 4.78 is 14.6. The van der Waals surface area contributed by atoms with Gasteiger partial charge >= 0.3 is 7.60 Å². The maximum Gasteiger partial charge on any atom is 0.394 e. The molecule has 0 aromatic heterocycles. The van der Waals surface area contributed by atoms with E-state index < -0.39 is 15.7 Å². The van der Waals surface area contributed by atoms with Gasteiger partial charge in [0.05, 0.1) is 20.8 Å². The zero-order valence-corrected chi connectivity index (χ0v) is 8.28. The molecule has 72 valence electrons. The van der Waals surface area contributed by atoms with Gasteiger partial charge in [-0.3, -0.25) is 0 Å². The van der Waals surface area contributed by atoms with E-state index in [9.17, 15) is 4.57 Å². The SMILES string of the molecule is CP(=O)(O)O/N=C/P(O)CCO. The second kappa shape index (κ2) is 5.62. The monoisotopic (exact) mass is 215 g/mol. The average Bonchev–Trinajstić information content (AvgIpc) is 1.84. The van der Waals surface area contributed by atoms with Crippen molar-refractivity contribution in [2.24, 2.45) is 5.16 Å². The van der Waals surface area contributed by atoms with Gasteiger partial charge < -0.3 is 19.5 Å². The van der Waals surface area contributed by atoms with Crippen LogP contribution in [0.2, 0.25) is 0 Å². The van der Waals surface area contributed by atoms with Crippen LogP contribution in [-0.2, 0) is 9.19 Å². The van der Waals surface area contributed by atoms with Crippen LogP contribution in [0.3, 0.4) is 0 Å². The molecule has 12 heavy (non-hydrogen) atoms. The lowest BCUT2D eigenvalue weighted by atomic mass is 10.9. The predicted molar refractivity (Wildman–Crippen MR) is 46.4 cm³/mol. The smallest absolute Gasteiger partial charge is 0.394 e. The van der Waals surface area contributed by atoms with Crippen LogP contribution in [0, 0.1) is 0 Å². The number of hydrogen-bond donors (Lipinski definition) is 3. The zero-order valence-electron chi connectivity index (χ0n) is 6.49. The van der Waals surface area contributed by atoms with Crippen LogP contribution >= 0.6 is 15.7 Å². The van der Waals surface area contributed by atoms with Gasteiger partial charge in [0.2, 0.25) is 0 Å². The average molecular weight is 215 g/mol. The van der Waals surface area contributed by atoms with Gasteiger partial charge in [-0.25, -0.2) is 4.57 Å². The van der Waals surface area contributed by atoms with Crippen molar-refractivity contribution in [2.45, 2.75) is 0 Å². The Morgan fingerprint density at radius 1 is 1.75 bits per heavy atom. The van der Waals surface area contributed by atoms with Crippen LogP contribution in [-0.4, -0.2) is 40.3 Å². The minimum Gasteiger partial charge on any atom is -0.396 e. The van der Waals surface area contributed by atoms with E-state index in [1.807, 2.05) is 0 Å². The van der Waals surface area contributed by atoms with Crippen molar-refractivity contribution in [3.05, 3.63) is 0 Å². The van der Waals surface area contributed by atoms with Crippen molar-refractivity contribution in [3.8, 4) is 0 Å². The highest BCUT2D eigenvalue weighted by molar-refractivity contribution is 7.67. The molecule has 0 aliphatic rings. The Bertz CT molecular complexity index is 190. The summed E-state index contributed by atoms with van der Waals surface area (Å²) in [6, 6.07) is 0. The van der Waals surface area contributed by atoms with Gasteiger partial charge in [0.25, 0.3) is 0 Å². The molecule has 8 heteroatoms. The highest BCUT2D eigenvalue weighted by Gasteiger charge is 2.09. The molecule has 2 atom stereocenters. The molecule has 0 saturated heterocycles. The van der Waals surface area contributed by atoms with Crippen LogP contribution in [0.1, 0.15) is 0 Å². The summed E-state index contributed by atoms with van der Waals surface area (Å²) in [4.78, 5) is 17.5. The molecule has 0 amide bonds. The minimum atomic E-state index is -3.60. The highest BCUT2D eigenvalue weighted by Crippen LogP contribution is 2.37. The summed E-state index contributed by atoms with van der Waals surface area (Å²) >= 11 is 0. The summed E-state index contributed by atoms with van der Waals surface area (Å²) in [6.07, 6.45) is 0.182. The third-order valence-corrected chi connectivity index (χ3v) is 2.12. The molecule has 0 radical (unpaired) electrons. The topological polar surface area (TPSA) is 99.4 Å². The van der Waals surface area contributed by atoms with E-state index in [0.29, 0.717) is 0 Å². The number of rotatable bonds is 5. The lowest BCUT2D eigenvalue weighted by molar-refractivity contribution is 0.280. The first-order valence-electron chi connectivity index (χ1n) is 3.04. The Balaban J connectivity index is 3.69. The normalized spacial score (nSPS) is 19.0. The fourth-order valence-corrected chi connectivity index (χ4v) is 1.10. The summed E-state index contributed by atoms with van der Waals surface area (Å²) in [7, 11) is -5.13. The number of hydrogen-bond acceptors (Lipinski definition) is 5. The van der Waals surface area contributed by atoms with Crippen molar-refractivity contribution in [1.82, 2.24) is 0 Å². The van der Waals surface area contributed by atoms with Gasteiger partial charge in [-0.15, -0.1) is 0 Å². The summed E-state index contributed by atoms with van der Waals surface area (Å²) in [5, 5.41) is 11.4. The Morgan fingerprint density at radius 2 is 2.33 bits per heavy atom. The second-order valence-corrected chi connectivity index (χ2v) is 5.32. The molecule has 0 aliphatic carbocycles. The van der Waals surface area contributed by atoms with Gasteiger partial charge in [-0.1, -0.05) is 5.16 Å². The fraction of sp³-hybridized carbons (Fsp3) is 0.750. The molecule has 0 rings (SSSR count). The number of aliphatic hydroxyl groups is 1. The van der Waals surface area contributed by atoms with Gasteiger partial charge in [0.1, 0.15) is 0 Å². The van der Waals surface area contributed by atoms with E-state index in [-0.39, 0.29) is 12.8 Å². The highest BCUT2D eigenvalue weighted by atomic mass is 31.2. The molecule has 3 N–H and O–H groups in total. The molecule has 0 aliphatic heterocycles. The molecule has 0 aromatic carbocycles. The molecular weight excluding hydrogens is 204 g/mol. The second-order valence-electron chi connectivity index (χ2n) is 1.99.